The molecular formula is C22H20O5S. The van der Waals surface area contributed by atoms with Crippen LogP contribution >= 0.6 is 11.3 Å². The van der Waals surface area contributed by atoms with Crippen molar-refractivity contribution in [3.8, 4) is 21.9 Å². The molecular weight excluding hydrogens is 376 g/mol. The predicted molar refractivity (Wildman–Crippen MR) is 111 cm³/mol. The van der Waals surface area contributed by atoms with Crippen LogP contribution in [0.5, 0.6) is 11.5 Å². The molecule has 2 aromatic carbocycles. The van der Waals surface area contributed by atoms with E-state index in [0.717, 1.165) is 20.5 Å². The quantitative estimate of drug-likeness (QED) is 0.448. The standard InChI is InChI=1S/C22H20O5S/c1-22(2,21(24)25)27-17-13-18(26-3)16(11-14(17)8-6-10-23)20-12-15-7-4-5-9-19(15)28-20/h4-13H,1-3H3,(H,24,25)/b8-6+. The maximum atomic E-state index is 11.5. The summed E-state index contributed by atoms with van der Waals surface area (Å²) in [5, 5.41) is 10.5. The van der Waals surface area contributed by atoms with Crippen molar-refractivity contribution in [2.24, 2.45) is 0 Å². The average Bonchev–Trinajstić information content (AvgIpc) is 3.10. The summed E-state index contributed by atoms with van der Waals surface area (Å²) >= 11 is 1.63. The minimum Gasteiger partial charge on any atom is -0.496 e. The first-order chi connectivity index (χ1) is 13.4. The first-order valence-electron chi connectivity index (χ1n) is 8.61. The smallest absolute Gasteiger partial charge is 0.347 e. The normalized spacial score (nSPS) is 11.7. The van der Waals surface area contributed by atoms with Gasteiger partial charge in [-0.3, -0.25) is 4.79 Å². The van der Waals surface area contributed by atoms with E-state index in [4.69, 9.17) is 9.47 Å². The molecule has 0 unspecified atom stereocenters. The fourth-order valence-electron chi connectivity index (χ4n) is 2.73. The number of hydrogen-bond acceptors (Lipinski definition) is 5. The summed E-state index contributed by atoms with van der Waals surface area (Å²) in [5.74, 6) is -0.205. The zero-order valence-corrected chi connectivity index (χ0v) is 16.6. The molecule has 3 rings (SSSR count). The van der Waals surface area contributed by atoms with Gasteiger partial charge in [0.15, 0.2) is 5.60 Å². The first-order valence-corrected chi connectivity index (χ1v) is 9.42. The number of rotatable bonds is 7. The number of aliphatic carboxylic acids is 1. The molecule has 0 spiro atoms. The minimum atomic E-state index is -1.44. The van der Waals surface area contributed by atoms with E-state index in [1.165, 1.54) is 19.9 Å². The van der Waals surface area contributed by atoms with Gasteiger partial charge in [-0.15, -0.1) is 11.3 Å². The molecule has 0 aliphatic rings. The van der Waals surface area contributed by atoms with Crippen LogP contribution in [0.4, 0.5) is 0 Å². The highest BCUT2D eigenvalue weighted by Gasteiger charge is 2.30. The molecule has 0 fully saturated rings. The monoisotopic (exact) mass is 396 g/mol. The van der Waals surface area contributed by atoms with E-state index in [1.54, 1.807) is 30.6 Å². The number of carboxylic acid groups (broad SMARTS) is 1. The van der Waals surface area contributed by atoms with Crippen LogP contribution in [0.1, 0.15) is 19.4 Å². The van der Waals surface area contributed by atoms with Gasteiger partial charge in [0.2, 0.25) is 0 Å². The van der Waals surface area contributed by atoms with Gasteiger partial charge in [-0.1, -0.05) is 18.2 Å². The summed E-state index contributed by atoms with van der Waals surface area (Å²) in [6, 6.07) is 13.7. The van der Waals surface area contributed by atoms with E-state index in [0.29, 0.717) is 23.3 Å². The van der Waals surface area contributed by atoms with E-state index in [-0.39, 0.29) is 0 Å². The largest absolute Gasteiger partial charge is 0.496 e. The number of benzene rings is 2. The van der Waals surface area contributed by atoms with Crippen LogP contribution in [-0.2, 0) is 9.59 Å². The third-order valence-electron chi connectivity index (χ3n) is 4.26. The second-order valence-electron chi connectivity index (χ2n) is 6.65. The van der Waals surface area contributed by atoms with Crippen molar-refractivity contribution in [1.29, 1.82) is 0 Å². The fourth-order valence-corrected chi connectivity index (χ4v) is 3.82. The van der Waals surface area contributed by atoms with E-state index >= 15 is 0 Å². The minimum absolute atomic E-state index is 0.326. The predicted octanol–water partition coefficient (Wildman–Crippen LogP) is 5.03. The molecule has 5 nitrogen and oxygen atoms in total. The highest BCUT2D eigenvalue weighted by atomic mass is 32.1. The zero-order valence-electron chi connectivity index (χ0n) is 15.8. The first kappa shape index (κ1) is 19.6. The van der Waals surface area contributed by atoms with Crippen molar-refractivity contribution in [3.05, 3.63) is 54.1 Å². The molecule has 1 heterocycles. The molecule has 1 N–H and O–H groups in total. The topological polar surface area (TPSA) is 72.8 Å². The highest BCUT2D eigenvalue weighted by Crippen LogP contribution is 2.42. The SMILES string of the molecule is COc1cc(OC(C)(C)C(=O)O)c(/C=C/C=O)cc1-c1cc2ccccc2s1. The number of carboxylic acids is 1. The van der Waals surface area contributed by atoms with Gasteiger partial charge in [0.25, 0.3) is 0 Å². The maximum absolute atomic E-state index is 11.5. The van der Waals surface area contributed by atoms with E-state index < -0.39 is 11.6 Å². The second kappa shape index (κ2) is 7.86. The van der Waals surface area contributed by atoms with Gasteiger partial charge in [-0.2, -0.15) is 0 Å². The number of carbonyl (C=O) groups is 2. The van der Waals surface area contributed by atoms with Gasteiger partial charge < -0.3 is 14.6 Å². The summed E-state index contributed by atoms with van der Waals surface area (Å²) < 4.78 is 12.4. The van der Waals surface area contributed by atoms with Crippen molar-refractivity contribution in [2.45, 2.75) is 19.4 Å². The van der Waals surface area contributed by atoms with Crippen molar-refractivity contribution >= 4 is 39.8 Å². The molecule has 0 amide bonds. The lowest BCUT2D eigenvalue weighted by atomic mass is 10.0. The van der Waals surface area contributed by atoms with Gasteiger partial charge in [-0.25, -0.2) is 4.79 Å². The van der Waals surface area contributed by atoms with Gasteiger partial charge in [0, 0.05) is 26.8 Å². The molecule has 28 heavy (non-hydrogen) atoms. The Balaban J connectivity index is 2.16. The second-order valence-corrected chi connectivity index (χ2v) is 7.74. The lowest BCUT2D eigenvalue weighted by molar-refractivity contribution is -0.152. The van der Waals surface area contributed by atoms with Crippen LogP contribution in [0, 0.1) is 0 Å². The van der Waals surface area contributed by atoms with Crippen LogP contribution < -0.4 is 9.47 Å². The molecule has 0 saturated heterocycles. The molecule has 3 aromatic rings. The van der Waals surface area contributed by atoms with Crippen LogP contribution in [0.3, 0.4) is 0 Å². The summed E-state index contributed by atoms with van der Waals surface area (Å²) in [5.41, 5.74) is -0.00196. The highest BCUT2D eigenvalue weighted by molar-refractivity contribution is 7.22. The molecule has 0 bridgehead atoms. The Bertz CT molecular complexity index is 1030. The maximum Gasteiger partial charge on any atom is 0.347 e. The van der Waals surface area contributed by atoms with Crippen LogP contribution in [0.25, 0.3) is 26.6 Å². The Kier molecular flexibility index (Phi) is 5.51. The van der Waals surface area contributed by atoms with Gasteiger partial charge in [0.1, 0.15) is 17.8 Å². The molecule has 0 aliphatic carbocycles. The van der Waals surface area contributed by atoms with Crippen LogP contribution in [0.2, 0.25) is 0 Å². The number of ether oxygens (including phenoxy) is 2. The Morgan fingerprint density at radius 1 is 1.14 bits per heavy atom. The summed E-state index contributed by atoms with van der Waals surface area (Å²) in [4.78, 5) is 23.3. The van der Waals surface area contributed by atoms with Crippen molar-refractivity contribution in [3.63, 3.8) is 0 Å². The molecule has 144 valence electrons. The Morgan fingerprint density at radius 2 is 1.89 bits per heavy atom. The molecule has 0 atom stereocenters. The molecule has 0 radical (unpaired) electrons. The van der Waals surface area contributed by atoms with Crippen LogP contribution in [-0.4, -0.2) is 30.1 Å². The van der Waals surface area contributed by atoms with E-state index in [1.807, 2.05) is 24.3 Å². The van der Waals surface area contributed by atoms with Gasteiger partial charge in [-0.05, 0) is 49.6 Å². The van der Waals surface area contributed by atoms with E-state index in [2.05, 4.69) is 12.1 Å². The lowest BCUT2D eigenvalue weighted by Gasteiger charge is -2.24. The van der Waals surface area contributed by atoms with Crippen molar-refractivity contribution < 1.29 is 24.2 Å². The molecule has 0 aliphatic heterocycles. The summed E-state index contributed by atoms with van der Waals surface area (Å²) in [6.07, 6.45) is 3.60. The van der Waals surface area contributed by atoms with Crippen LogP contribution in [0.15, 0.2) is 48.5 Å². The third kappa shape index (κ3) is 3.92. The van der Waals surface area contributed by atoms with Gasteiger partial charge in [0.05, 0.1) is 7.11 Å². The summed E-state index contributed by atoms with van der Waals surface area (Å²) in [6.45, 7) is 2.93. The third-order valence-corrected chi connectivity index (χ3v) is 5.41. The average molecular weight is 396 g/mol. The van der Waals surface area contributed by atoms with Crippen molar-refractivity contribution in [2.75, 3.05) is 7.11 Å². The molecule has 1 aromatic heterocycles. The molecule has 0 saturated carbocycles. The Labute approximate surface area is 166 Å². The number of hydrogen-bond donors (Lipinski definition) is 1. The van der Waals surface area contributed by atoms with E-state index in [9.17, 15) is 14.7 Å². The lowest BCUT2D eigenvalue weighted by Crippen LogP contribution is -2.38. The Morgan fingerprint density at radius 3 is 2.54 bits per heavy atom. The number of allylic oxidation sites excluding steroid dienone is 1. The Hall–Kier alpha value is -3.12. The number of fused-ring (bicyclic) bond motifs is 1. The summed E-state index contributed by atoms with van der Waals surface area (Å²) in [7, 11) is 1.55. The zero-order chi connectivity index (χ0) is 20.3. The molecule has 6 heteroatoms. The number of thiophene rings is 1. The fraction of sp³-hybridized carbons (Fsp3) is 0.182. The van der Waals surface area contributed by atoms with Crippen molar-refractivity contribution in [1.82, 2.24) is 0 Å². The van der Waals surface area contributed by atoms with Gasteiger partial charge >= 0.3 is 5.97 Å². The number of methoxy groups -OCH3 is 1. The number of carbonyl (C=O) groups excluding carboxylic acids is 1. The number of aldehydes is 1.